The molecule has 7 rings (SSSR count). The van der Waals surface area contributed by atoms with Crippen molar-refractivity contribution < 1.29 is 33.8 Å². The van der Waals surface area contributed by atoms with Crippen molar-refractivity contribution in [1.82, 2.24) is 25.2 Å². The van der Waals surface area contributed by atoms with Crippen molar-refractivity contribution in [3.63, 3.8) is 0 Å². The topological polar surface area (TPSA) is 173 Å². The lowest BCUT2D eigenvalue weighted by molar-refractivity contribution is -0.136. The summed E-state index contributed by atoms with van der Waals surface area (Å²) in [7, 11) is 0. The van der Waals surface area contributed by atoms with Crippen LogP contribution in [0.25, 0.3) is 0 Å². The number of imide groups is 2. The molecule has 0 bridgehead atoms. The molecule has 0 radical (unpaired) electrons. The van der Waals surface area contributed by atoms with Gasteiger partial charge in [0.25, 0.3) is 11.8 Å². The predicted molar refractivity (Wildman–Crippen MR) is 180 cm³/mol. The Labute approximate surface area is 288 Å². The molecule has 3 aliphatic rings. The summed E-state index contributed by atoms with van der Waals surface area (Å²) in [6.07, 6.45) is 5.73. The Bertz CT molecular complexity index is 1960. The molecule has 4 heterocycles. The van der Waals surface area contributed by atoms with Gasteiger partial charge < -0.3 is 19.9 Å². The lowest BCUT2D eigenvalue weighted by Crippen LogP contribution is -2.54. The fourth-order valence-electron chi connectivity index (χ4n) is 6.41. The summed E-state index contributed by atoms with van der Waals surface area (Å²) in [6.45, 7) is 5.81. The molecule has 4 amide bonds. The van der Waals surface area contributed by atoms with Crippen molar-refractivity contribution in [3.05, 3.63) is 101 Å². The van der Waals surface area contributed by atoms with Gasteiger partial charge in [0, 0.05) is 36.4 Å². The maximum atomic E-state index is 13.1. The second kappa shape index (κ2) is 13.0. The molecule has 0 spiro atoms. The smallest absolute Gasteiger partial charge is 0.262 e. The van der Waals surface area contributed by atoms with Crippen LogP contribution in [0.3, 0.4) is 0 Å². The summed E-state index contributed by atoms with van der Waals surface area (Å²) in [5.41, 5.74) is 2.75. The molecular weight excluding hydrogens is 640 g/mol. The molecule has 1 saturated carbocycles. The van der Waals surface area contributed by atoms with Crippen molar-refractivity contribution in [3.8, 4) is 17.2 Å². The van der Waals surface area contributed by atoms with E-state index in [1.165, 1.54) is 12.4 Å². The number of carbonyl (C=O) groups excluding carboxylic acids is 4. The summed E-state index contributed by atoms with van der Waals surface area (Å²) in [4.78, 5) is 63.9. The van der Waals surface area contributed by atoms with Crippen molar-refractivity contribution in [1.29, 1.82) is 0 Å². The van der Waals surface area contributed by atoms with E-state index in [0.717, 1.165) is 29.0 Å². The largest absolute Gasteiger partial charge is 0.489 e. The van der Waals surface area contributed by atoms with E-state index in [-0.39, 0.29) is 41.5 Å². The molecule has 13 nitrogen and oxygen atoms in total. The Kier molecular flexibility index (Phi) is 8.52. The maximum absolute atomic E-state index is 13.1. The van der Waals surface area contributed by atoms with Crippen molar-refractivity contribution in [2.45, 2.75) is 76.2 Å². The Morgan fingerprint density at radius 1 is 0.880 bits per heavy atom. The van der Waals surface area contributed by atoms with E-state index in [4.69, 9.17) is 14.5 Å². The summed E-state index contributed by atoms with van der Waals surface area (Å²) < 4.78 is 12.0. The Balaban J connectivity index is 0.910. The minimum Gasteiger partial charge on any atom is -0.489 e. The standard InChI is InChI=1S/C37H36N6O7/c1-20(44)33-39-18-27(19-40-33)49-24-7-4-21(5-8-24)37(2,3)31-12-9-25(17-38-31)50-26-14-23(15-26)41-22-6-10-28-29(16-22)36(48)43(35(28)47)30-11-13-32(45)42-34(30)46/h4-10,12,16-20,23,26,30,41,44H,11,13-15H2,1-3H3,(H,42,45,46). The normalized spacial score (nSPS) is 20.9. The number of ether oxygens (including phenoxy) is 2. The van der Waals surface area contributed by atoms with Gasteiger partial charge in [-0.15, -0.1) is 0 Å². The highest BCUT2D eigenvalue weighted by Crippen LogP contribution is 2.35. The van der Waals surface area contributed by atoms with Gasteiger partial charge in [-0.25, -0.2) is 9.97 Å². The SMILES string of the molecule is CC(O)c1ncc(Oc2ccc(C(C)(C)c3ccc(OC4CC(Nc5ccc6c(c5)C(=O)N(C5CCC(=O)NC5=O)C6=O)C4)cn3)cc2)cn1. The second-order valence-electron chi connectivity index (χ2n) is 13.3. The molecule has 1 aliphatic carbocycles. The third-order valence-electron chi connectivity index (χ3n) is 9.42. The average molecular weight is 677 g/mol. The van der Waals surface area contributed by atoms with Gasteiger partial charge in [-0.05, 0) is 61.4 Å². The van der Waals surface area contributed by atoms with E-state index in [1.807, 2.05) is 36.4 Å². The van der Waals surface area contributed by atoms with Crippen LogP contribution in [0.5, 0.6) is 17.2 Å². The molecule has 2 aromatic heterocycles. The molecule has 256 valence electrons. The van der Waals surface area contributed by atoms with Crippen LogP contribution >= 0.6 is 0 Å². The minimum atomic E-state index is -0.994. The number of aliphatic hydroxyl groups excluding tert-OH is 1. The zero-order chi connectivity index (χ0) is 35.2. The van der Waals surface area contributed by atoms with Gasteiger partial charge in [-0.1, -0.05) is 26.0 Å². The van der Waals surface area contributed by atoms with Crippen LogP contribution in [-0.2, 0) is 15.0 Å². The van der Waals surface area contributed by atoms with E-state index >= 15 is 0 Å². The van der Waals surface area contributed by atoms with Gasteiger partial charge in [-0.2, -0.15) is 0 Å². The number of anilines is 1. The predicted octanol–water partition coefficient (Wildman–Crippen LogP) is 4.47. The fraction of sp³-hybridized carbons (Fsp3) is 0.324. The number of aromatic nitrogens is 3. The molecule has 2 aromatic carbocycles. The van der Waals surface area contributed by atoms with Gasteiger partial charge in [0.1, 0.15) is 29.7 Å². The zero-order valence-corrected chi connectivity index (χ0v) is 27.8. The molecule has 50 heavy (non-hydrogen) atoms. The van der Waals surface area contributed by atoms with Crippen LogP contribution in [0.4, 0.5) is 5.69 Å². The number of fused-ring (bicyclic) bond motifs is 1. The van der Waals surface area contributed by atoms with E-state index in [9.17, 15) is 24.3 Å². The number of rotatable bonds is 10. The van der Waals surface area contributed by atoms with Gasteiger partial charge >= 0.3 is 0 Å². The van der Waals surface area contributed by atoms with Crippen LogP contribution in [0.2, 0.25) is 0 Å². The molecule has 4 aromatic rings. The van der Waals surface area contributed by atoms with Crippen molar-refractivity contribution >= 4 is 29.3 Å². The van der Waals surface area contributed by atoms with E-state index in [1.54, 1.807) is 31.3 Å². The number of benzene rings is 2. The molecule has 1 saturated heterocycles. The fourth-order valence-corrected chi connectivity index (χ4v) is 6.41. The average Bonchev–Trinajstić information content (AvgIpc) is 3.32. The number of aliphatic hydroxyl groups is 1. The van der Waals surface area contributed by atoms with E-state index in [2.05, 4.69) is 34.4 Å². The molecule has 2 fully saturated rings. The first-order valence-electron chi connectivity index (χ1n) is 16.5. The lowest BCUT2D eigenvalue weighted by Gasteiger charge is -2.36. The number of hydrogen-bond acceptors (Lipinski definition) is 11. The first-order valence-corrected chi connectivity index (χ1v) is 16.5. The number of nitrogens with zero attached hydrogens (tertiary/aromatic N) is 4. The van der Waals surface area contributed by atoms with Gasteiger partial charge in [-0.3, -0.25) is 34.4 Å². The van der Waals surface area contributed by atoms with Crippen molar-refractivity contribution in [2.75, 3.05) is 5.32 Å². The number of carbonyl (C=O) groups is 4. The van der Waals surface area contributed by atoms with Crippen LogP contribution in [-0.4, -0.2) is 66.8 Å². The van der Waals surface area contributed by atoms with E-state index in [0.29, 0.717) is 28.8 Å². The van der Waals surface area contributed by atoms with Crippen LogP contribution in [0, 0.1) is 0 Å². The summed E-state index contributed by atoms with van der Waals surface area (Å²) in [5.74, 6) is 0.0301. The van der Waals surface area contributed by atoms with Crippen LogP contribution in [0.15, 0.2) is 73.2 Å². The third kappa shape index (κ3) is 6.39. The second-order valence-corrected chi connectivity index (χ2v) is 13.3. The highest BCUT2D eigenvalue weighted by atomic mass is 16.5. The molecule has 2 atom stereocenters. The van der Waals surface area contributed by atoms with Gasteiger partial charge in [0.05, 0.1) is 35.4 Å². The van der Waals surface area contributed by atoms with Crippen LogP contribution < -0.4 is 20.1 Å². The Hall–Kier alpha value is -5.69. The quantitative estimate of drug-likeness (QED) is 0.202. The Morgan fingerprint density at radius 3 is 2.22 bits per heavy atom. The minimum absolute atomic E-state index is 0.00463. The highest BCUT2D eigenvalue weighted by Gasteiger charge is 2.45. The number of amides is 4. The number of hydrogen-bond donors (Lipinski definition) is 3. The summed E-state index contributed by atoms with van der Waals surface area (Å²) >= 11 is 0. The van der Waals surface area contributed by atoms with Gasteiger partial charge in [0.15, 0.2) is 11.6 Å². The summed E-state index contributed by atoms with van der Waals surface area (Å²) in [5, 5.41) is 15.2. The van der Waals surface area contributed by atoms with E-state index < -0.39 is 35.8 Å². The number of piperidine rings is 1. The zero-order valence-electron chi connectivity index (χ0n) is 27.8. The van der Waals surface area contributed by atoms with Gasteiger partial charge in [0.2, 0.25) is 11.8 Å². The number of pyridine rings is 1. The van der Waals surface area contributed by atoms with Crippen molar-refractivity contribution in [2.24, 2.45) is 0 Å². The maximum Gasteiger partial charge on any atom is 0.262 e. The highest BCUT2D eigenvalue weighted by molar-refractivity contribution is 6.23. The number of nitrogens with one attached hydrogen (secondary N) is 2. The molecule has 2 unspecified atom stereocenters. The summed E-state index contributed by atoms with van der Waals surface area (Å²) in [6, 6.07) is 15.8. The molecular formula is C37H36N6O7. The van der Waals surface area contributed by atoms with Crippen LogP contribution in [0.1, 0.15) is 90.4 Å². The molecule has 13 heteroatoms. The first kappa shape index (κ1) is 32.8. The molecule has 2 aliphatic heterocycles. The molecule has 3 N–H and O–H groups in total. The Morgan fingerprint density at radius 2 is 1.56 bits per heavy atom. The monoisotopic (exact) mass is 676 g/mol. The first-order chi connectivity index (χ1) is 24.0. The lowest BCUT2D eigenvalue weighted by atomic mass is 9.81. The third-order valence-corrected chi connectivity index (χ3v) is 9.42.